The fourth-order valence-corrected chi connectivity index (χ4v) is 2.79. The van der Waals surface area contributed by atoms with Crippen molar-refractivity contribution in [3.63, 3.8) is 0 Å². The number of hydrogen-bond acceptors (Lipinski definition) is 4. The van der Waals surface area contributed by atoms with E-state index >= 15 is 0 Å². The minimum absolute atomic E-state index is 0.163. The van der Waals surface area contributed by atoms with Crippen LogP contribution in [-0.4, -0.2) is 16.5 Å². The molecule has 0 saturated heterocycles. The van der Waals surface area contributed by atoms with E-state index in [1.54, 1.807) is 0 Å². The highest BCUT2D eigenvalue weighted by Crippen LogP contribution is 2.30. The van der Waals surface area contributed by atoms with Crippen LogP contribution in [0.3, 0.4) is 0 Å². The lowest BCUT2D eigenvalue weighted by molar-refractivity contribution is 0.728. The van der Waals surface area contributed by atoms with Gasteiger partial charge < -0.3 is 11.1 Å². The Hall–Kier alpha value is -2.56. The zero-order valence-corrected chi connectivity index (χ0v) is 11.9. The molecule has 2 heterocycles. The molecule has 0 aliphatic carbocycles. The summed E-state index contributed by atoms with van der Waals surface area (Å²) in [4.78, 5) is 18.7. The van der Waals surface area contributed by atoms with E-state index in [4.69, 9.17) is 5.73 Å². The fraction of sp³-hybridized carbons (Fsp3) is 0.250. The second-order valence-electron chi connectivity index (χ2n) is 5.19. The fourth-order valence-electron chi connectivity index (χ4n) is 2.79. The van der Waals surface area contributed by atoms with Crippen molar-refractivity contribution >= 4 is 17.7 Å². The number of nitrogens with one attached hydrogen (secondary N) is 2. The van der Waals surface area contributed by atoms with Crippen molar-refractivity contribution in [1.82, 2.24) is 9.97 Å². The number of fused-ring (bicyclic) bond motifs is 1. The first-order valence-electron chi connectivity index (χ1n) is 7.03. The predicted octanol–water partition coefficient (Wildman–Crippen LogP) is 2.14. The van der Waals surface area contributed by atoms with Gasteiger partial charge in [0.05, 0.1) is 5.69 Å². The quantitative estimate of drug-likeness (QED) is 0.805. The molecule has 1 aliphatic rings. The second kappa shape index (κ2) is 5.44. The summed E-state index contributed by atoms with van der Waals surface area (Å²) in [6.07, 6.45) is 4.95. The van der Waals surface area contributed by atoms with E-state index in [1.165, 1.54) is 11.1 Å². The number of benzene rings is 1. The van der Waals surface area contributed by atoms with Gasteiger partial charge in [0, 0.05) is 12.5 Å². The molecule has 1 unspecified atom stereocenters. The lowest BCUT2D eigenvalue weighted by Gasteiger charge is -2.12. The van der Waals surface area contributed by atoms with Gasteiger partial charge >= 0.3 is 0 Å². The normalized spacial score (nSPS) is 16.9. The van der Waals surface area contributed by atoms with Crippen LogP contribution in [0, 0.1) is 0 Å². The van der Waals surface area contributed by atoms with Gasteiger partial charge in [0.25, 0.3) is 5.56 Å². The van der Waals surface area contributed by atoms with Crippen molar-refractivity contribution in [3.05, 3.63) is 57.5 Å². The maximum Gasteiger partial charge on any atom is 0.275 e. The summed E-state index contributed by atoms with van der Waals surface area (Å²) in [5, 5.41) is 3.14. The predicted molar refractivity (Wildman–Crippen MR) is 85.4 cm³/mol. The van der Waals surface area contributed by atoms with Crippen molar-refractivity contribution in [1.29, 1.82) is 0 Å². The molecular formula is C16H18N4O. The number of nitrogen functional groups attached to an aromatic ring is 1. The molecule has 1 aromatic heterocycles. The van der Waals surface area contributed by atoms with Crippen molar-refractivity contribution in [3.8, 4) is 0 Å². The summed E-state index contributed by atoms with van der Waals surface area (Å²) in [5.74, 6) is 0.338. The van der Waals surface area contributed by atoms with Crippen LogP contribution in [-0.2, 0) is 6.42 Å². The van der Waals surface area contributed by atoms with Crippen molar-refractivity contribution in [2.45, 2.75) is 19.3 Å². The monoisotopic (exact) mass is 282 g/mol. The van der Waals surface area contributed by atoms with Gasteiger partial charge in [0.15, 0.2) is 0 Å². The van der Waals surface area contributed by atoms with Gasteiger partial charge in [0.2, 0.25) is 5.95 Å². The van der Waals surface area contributed by atoms with Crippen LogP contribution in [0.5, 0.6) is 0 Å². The molecule has 1 atom stereocenters. The average molecular weight is 282 g/mol. The number of hydrogen-bond donors (Lipinski definition) is 3. The Morgan fingerprint density at radius 3 is 3.05 bits per heavy atom. The van der Waals surface area contributed by atoms with Gasteiger partial charge in [-0.2, -0.15) is 0 Å². The smallest absolute Gasteiger partial charge is 0.275 e. The van der Waals surface area contributed by atoms with Crippen LogP contribution >= 0.6 is 0 Å². The molecule has 21 heavy (non-hydrogen) atoms. The maximum absolute atomic E-state index is 11.9. The summed E-state index contributed by atoms with van der Waals surface area (Å²) in [6.45, 7) is 2.71. The Bertz CT molecular complexity index is 748. The highest BCUT2D eigenvalue weighted by molar-refractivity contribution is 5.57. The Labute approximate surface area is 122 Å². The van der Waals surface area contributed by atoms with Crippen LogP contribution in [0.4, 0.5) is 11.6 Å². The Morgan fingerprint density at radius 1 is 1.43 bits per heavy atom. The van der Waals surface area contributed by atoms with E-state index in [-0.39, 0.29) is 17.4 Å². The molecule has 2 aromatic rings. The number of anilines is 2. The maximum atomic E-state index is 11.9. The topological polar surface area (TPSA) is 83.8 Å². The largest absolute Gasteiger partial charge is 0.378 e. The van der Waals surface area contributed by atoms with Gasteiger partial charge in [-0.05, 0) is 24.5 Å². The van der Waals surface area contributed by atoms with Gasteiger partial charge in [-0.15, -0.1) is 0 Å². The summed E-state index contributed by atoms with van der Waals surface area (Å²) < 4.78 is 0. The summed E-state index contributed by atoms with van der Waals surface area (Å²) in [6, 6.07) is 8.27. The van der Waals surface area contributed by atoms with Gasteiger partial charge in [-0.1, -0.05) is 36.4 Å². The summed E-state index contributed by atoms with van der Waals surface area (Å²) in [5.41, 5.74) is 9.24. The summed E-state index contributed by atoms with van der Waals surface area (Å²) in [7, 11) is 0. The zero-order chi connectivity index (χ0) is 14.8. The van der Waals surface area contributed by atoms with E-state index in [0.717, 1.165) is 12.1 Å². The van der Waals surface area contributed by atoms with Crippen LogP contribution < -0.4 is 16.6 Å². The van der Waals surface area contributed by atoms with E-state index in [9.17, 15) is 4.79 Å². The first-order chi connectivity index (χ1) is 10.2. The van der Waals surface area contributed by atoms with Crippen molar-refractivity contribution in [2.24, 2.45) is 0 Å². The van der Waals surface area contributed by atoms with Gasteiger partial charge in [-0.25, -0.2) is 4.98 Å². The molecule has 0 amide bonds. The van der Waals surface area contributed by atoms with E-state index < -0.39 is 0 Å². The third-order valence-electron chi connectivity index (χ3n) is 3.75. The molecule has 108 valence electrons. The van der Waals surface area contributed by atoms with Gasteiger partial charge in [-0.3, -0.25) is 9.78 Å². The SMILES string of the molecule is C/C=C/c1ccccc1CC1CNc2c1nc(N)[nH]c2=O. The molecule has 0 radical (unpaired) electrons. The number of nitrogens with two attached hydrogens (primary N) is 1. The average Bonchev–Trinajstić information content (AvgIpc) is 2.85. The number of aromatic nitrogens is 2. The molecule has 0 fully saturated rings. The van der Waals surface area contributed by atoms with Crippen molar-refractivity contribution < 1.29 is 0 Å². The molecule has 4 N–H and O–H groups in total. The Balaban J connectivity index is 1.95. The number of aromatic amines is 1. The van der Waals surface area contributed by atoms with Crippen LogP contribution in [0.1, 0.15) is 29.7 Å². The highest BCUT2D eigenvalue weighted by Gasteiger charge is 2.27. The standard InChI is InChI=1S/C16H18N4O/c1-2-5-10-6-3-4-7-11(10)8-12-9-18-14-13(12)19-16(17)20-15(14)21/h2-7,12,18H,8-9H2,1H3,(H3,17,19,20,21)/b5-2+. The lowest BCUT2D eigenvalue weighted by atomic mass is 9.94. The van der Waals surface area contributed by atoms with Crippen LogP contribution in [0.15, 0.2) is 35.1 Å². The van der Waals surface area contributed by atoms with E-state index in [2.05, 4.69) is 33.5 Å². The number of rotatable bonds is 3. The Kier molecular flexibility index (Phi) is 3.48. The summed E-state index contributed by atoms with van der Waals surface area (Å²) >= 11 is 0. The molecule has 5 heteroatoms. The zero-order valence-electron chi connectivity index (χ0n) is 11.9. The van der Waals surface area contributed by atoms with E-state index in [1.807, 2.05) is 25.1 Å². The first kappa shape index (κ1) is 13.4. The number of H-pyrrole nitrogens is 1. The molecule has 1 aliphatic heterocycles. The van der Waals surface area contributed by atoms with Crippen LogP contribution in [0.2, 0.25) is 0 Å². The first-order valence-corrected chi connectivity index (χ1v) is 7.03. The molecule has 0 saturated carbocycles. The second-order valence-corrected chi connectivity index (χ2v) is 5.19. The Morgan fingerprint density at radius 2 is 2.24 bits per heavy atom. The lowest BCUT2D eigenvalue weighted by Crippen LogP contribution is -2.15. The molecule has 0 bridgehead atoms. The van der Waals surface area contributed by atoms with Crippen molar-refractivity contribution in [2.75, 3.05) is 17.6 Å². The molecular weight excluding hydrogens is 264 g/mol. The molecule has 5 nitrogen and oxygen atoms in total. The highest BCUT2D eigenvalue weighted by atomic mass is 16.1. The third kappa shape index (κ3) is 2.54. The molecule has 3 rings (SSSR count). The molecule has 1 aromatic carbocycles. The third-order valence-corrected chi connectivity index (χ3v) is 3.75. The number of allylic oxidation sites excluding steroid dienone is 1. The minimum atomic E-state index is -0.193. The van der Waals surface area contributed by atoms with E-state index in [0.29, 0.717) is 12.2 Å². The van der Waals surface area contributed by atoms with Crippen LogP contribution in [0.25, 0.3) is 6.08 Å². The minimum Gasteiger partial charge on any atom is -0.378 e. The molecule has 0 spiro atoms. The number of nitrogens with zero attached hydrogens (tertiary/aromatic N) is 1. The van der Waals surface area contributed by atoms with Gasteiger partial charge in [0.1, 0.15) is 5.69 Å².